The quantitative estimate of drug-likeness (QED) is 0.855. The first-order chi connectivity index (χ1) is 7.42. The Morgan fingerprint density at radius 2 is 2.06 bits per heavy atom. The van der Waals surface area contributed by atoms with E-state index < -0.39 is 24.9 Å². The number of alkyl halides is 3. The predicted molar refractivity (Wildman–Crippen MR) is 60.9 cm³/mol. The molecule has 0 aliphatic carbocycles. The third kappa shape index (κ3) is 6.12. The van der Waals surface area contributed by atoms with Crippen LogP contribution in [-0.4, -0.2) is 36.6 Å². The molecule has 0 aromatic heterocycles. The van der Waals surface area contributed by atoms with Crippen LogP contribution in [0.4, 0.5) is 13.2 Å². The van der Waals surface area contributed by atoms with Crippen LogP contribution in [0.2, 0.25) is 0 Å². The molecule has 1 saturated heterocycles. The number of hydrogen-bond donors (Lipinski definition) is 1. The topological polar surface area (TPSA) is 46.3 Å². The van der Waals surface area contributed by atoms with Crippen molar-refractivity contribution in [3.63, 3.8) is 0 Å². The molecule has 1 aliphatic heterocycles. The van der Waals surface area contributed by atoms with Crippen molar-refractivity contribution >= 4 is 18.3 Å². The number of hydrogen-bond acceptors (Lipinski definition) is 2. The van der Waals surface area contributed by atoms with E-state index in [4.69, 9.17) is 5.73 Å². The molecule has 3 nitrogen and oxygen atoms in total. The maximum Gasteiger partial charge on any atom is 0.389 e. The van der Waals surface area contributed by atoms with E-state index in [1.165, 1.54) is 4.90 Å². The minimum atomic E-state index is -4.25. The Morgan fingerprint density at radius 1 is 1.41 bits per heavy atom. The third-order valence-corrected chi connectivity index (χ3v) is 2.83. The SMILES string of the molecule is Cl.NCC1CCCN(C(=O)CCC(F)(F)F)C1. The lowest BCUT2D eigenvalue weighted by atomic mass is 9.98. The molecule has 17 heavy (non-hydrogen) atoms. The minimum absolute atomic E-state index is 0. The van der Waals surface area contributed by atoms with E-state index in [1.807, 2.05) is 0 Å². The molecule has 0 aromatic carbocycles. The van der Waals surface area contributed by atoms with Gasteiger partial charge in [0.25, 0.3) is 0 Å². The summed E-state index contributed by atoms with van der Waals surface area (Å²) < 4.78 is 35.8. The number of piperidine rings is 1. The number of halogens is 4. The molecular weight excluding hydrogens is 257 g/mol. The molecule has 0 radical (unpaired) electrons. The molecule has 1 fully saturated rings. The second-order valence-electron chi connectivity index (χ2n) is 4.20. The number of likely N-dealkylation sites (tertiary alicyclic amines) is 1. The van der Waals surface area contributed by atoms with Crippen LogP contribution >= 0.6 is 12.4 Å². The van der Waals surface area contributed by atoms with E-state index in [1.54, 1.807) is 0 Å². The Kier molecular flexibility index (Phi) is 6.85. The van der Waals surface area contributed by atoms with E-state index in [0.29, 0.717) is 19.6 Å². The van der Waals surface area contributed by atoms with Crippen LogP contribution in [0.15, 0.2) is 0 Å². The predicted octanol–water partition coefficient (Wildman–Crippen LogP) is 1.95. The van der Waals surface area contributed by atoms with E-state index in [9.17, 15) is 18.0 Å². The molecule has 2 N–H and O–H groups in total. The summed E-state index contributed by atoms with van der Waals surface area (Å²) in [5.41, 5.74) is 5.49. The van der Waals surface area contributed by atoms with E-state index >= 15 is 0 Å². The molecule has 1 amide bonds. The highest BCUT2D eigenvalue weighted by Crippen LogP contribution is 2.23. The van der Waals surface area contributed by atoms with Crippen LogP contribution in [0.1, 0.15) is 25.7 Å². The summed E-state index contributed by atoms with van der Waals surface area (Å²) in [5.74, 6) is -0.168. The second kappa shape index (κ2) is 7.06. The molecule has 0 spiro atoms. The monoisotopic (exact) mass is 274 g/mol. The molecule has 1 rings (SSSR count). The van der Waals surface area contributed by atoms with Crippen LogP contribution in [0, 0.1) is 5.92 Å². The lowest BCUT2D eigenvalue weighted by Crippen LogP contribution is -2.42. The summed E-state index contributed by atoms with van der Waals surface area (Å²) in [5, 5.41) is 0. The zero-order valence-corrected chi connectivity index (χ0v) is 10.3. The normalized spacial score (nSPS) is 20.9. The van der Waals surface area contributed by atoms with Gasteiger partial charge in [0, 0.05) is 19.5 Å². The highest BCUT2D eigenvalue weighted by atomic mass is 35.5. The maximum absolute atomic E-state index is 11.9. The highest BCUT2D eigenvalue weighted by Gasteiger charge is 2.30. The second-order valence-corrected chi connectivity index (χ2v) is 4.20. The van der Waals surface area contributed by atoms with Crippen LogP contribution in [-0.2, 0) is 4.79 Å². The van der Waals surface area contributed by atoms with Gasteiger partial charge in [-0.2, -0.15) is 13.2 Å². The van der Waals surface area contributed by atoms with Crippen LogP contribution in [0.25, 0.3) is 0 Å². The van der Waals surface area contributed by atoms with E-state index in [-0.39, 0.29) is 18.3 Å². The van der Waals surface area contributed by atoms with Gasteiger partial charge in [-0.3, -0.25) is 4.79 Å². The highest BCUT2D eigenvalue weighted by molar-refractivity contribution is 5.85. The van der Waals surface area contributed by atoms with Gasteiger partial charge in [-0.05, 0) is 25.3 Å². The fourth-order valence-corrected chi connectivity index (χ4v) is 1.89. The van der Waals surface area contributed by atoms with Gasteiger partial charge in [0.2, 0.25) is 5.91 Å². The lowest BCUT2D eigenvalue weighted by molar-refractivity contribution is -0.150. The fourth-order valence-electron chi connectivity index (χ4n) is 1.89. The van der Waals surface area contributed by atoms with Crippen LogP contribution < -0.4 is 5.73 Å². The van der Waals surface area contributed by atoms with Gasteiger partial charge in [-0.1, -0.05) is 0 Å². The molecule has 1 unspecified atom stereocenters. The minimum Gasteiger partial charge on any atom is -0.342 e. The van der Waals surface area contributed by atoms with Gasteiger partial charge in [-0.25, -0.2) is 0 Å². The zero-order valence-electron chi connectivity index (χ0n) is 9.50. The van der Waals surface area contributed by atoms with Gasteiger partial charge in [0.1, 0.15) is 0 Å². The lowest BCUT2D eigenvalue weighted by Gasteiger charge is -2.32. The Bertz CT molecular complexity index is 248. The molecule has 102 valence electrons. The average Bonchev–Trinajstić information content (AvgIpc) is 2.25. The number of nitrogens with two attached hydrogens (primary N) is 1. The van der Waals surface area contributed by atoms with Crippen molar-refractivity contribution < 1.29 is 18.0 Å². The van der Waals surface area contributed by atoms with Crippen molar-refractivity contribution in [3.05, 3.63) is 0 Å². The summed E-state index contributed by atoms with van der Waals surface area (Å²) in [7, 11) is 0. The molecule has 0 bridgehead atoms. The third-order valence-electron chi connectivity index (χ3n) is 2.83. The zero-order chi connectivity index (χ0) is 12.2. The van der Waals surface area contributed by atoms with Crippen LogP contribution in [0.3, 0.4) is 0 Å². The maximum atomic E-state index is 11.9. The van der Waals surface area contributed by atoms with Crippen molar-refractivity contribution in [1.29, 1.82) is 0 Å². The van der Waals surface area contributed by atoms with E-state index in [2.05, 4.69) is 0 Å². The van der Waals surface area contributed by atoms with Gasteiger partial charge in [-0.15, -0.1) is 12.4 Å². The first-order valence-electron chi connectivity index (χ1n) is 5.47. The Morgan fingerprint density at radius 3 is 2.59 bits per heavy atom. The van der Waals surface area contributed by atoms with E-state index in [0.717, 1.165) is 12.8 Å². The summed E-state index contributed by atoms with van der Waals surface area (Å²) in [4.78, 5) is 13.0. The number of nitrogens with zero attached hydrogens (tertiary/aromatic N) is 1. The van der Waals surface area contributed by atoms with Crippen molar-refractivity contribution in [2.75, 3.05) is 19.6 Å². The Balaban J connectivity index is 0.00000256. The molecule has 1 atom stereocenters. The first kappa shape index (κ1) is 16.5. The summed E-state index contributed by atoms with van der Waals surface area (Å²) in [6, 6.07) is 0. The Hall–Kier alpha value is -0.490. The van der Waals surface area contributed by atoms with Crippen molar-refractivity contribution in [1.82, 2.24) is 4.90 Å². The standard InChI is InChI=1S/C10H17F3N2O.ClH/c11-10(12,13)4-3-9(16)15-5-1-2-8(6-14)7-15;/h8H,1-7,14H2;1H. The van der Waals surface area contributed by atoms with Crippen LogP contribution in [0.5, 0.6) is 0 Å². The molecule has 1 heterocycles. The summed E-state index contributed by atoms with van der Waals surface area (Å²) >= 11 is 0. The first-order valence-corrected chi connectivity index (χ1v) is 5.47. The largest absolute Gasteiger partial charge is 0.389 e. The summed E-state index contributed by atoms with van der Waals surface area (Å²) in [6.45, 7) is 1.56. The van der Waals surface area contributed by atoms with Crippen molar-refractivity contribution in [2.24, 2.45) is 11.7 Å². The molecule has 1 aliphatic rings. The van der Waals surface area contributed by atoms with Crippen molar-refractivity contribution in [2.45, 2.75) is 31.9 Å². The van der Waals surface area contributed by atoms with Gasteiger partial charge >= 0.3 is 6.18 Å². The number of amides is 1. The van der Waals surface area contributed by atoms with Gasteiger partial charge in [0.15, 0.2) is 0 Å². The van der Waals surface area contributed by atoms with Gasteiger partial charge < -0.3 is 10.6 Å². The fraction of sp³-hybridized carbons (Fsp3) is 0.900. The molecule has 0 saturated carbocycles. The number of rotatable bonds is 3. The average molecular weight is 275 g/mol. The smallest absolute Gasteiger partial charge is 0.342 e. The molecular formula is C10H18ClF3N2O. The van der Waals surface area contributed by atoms with Gasteiger partial charge in [0.05, 0.1) is 6.42 Å². The molecule has 7 heteroatoms. The molecule has 0 aromatic rings. The van der Waals surface area contributed by atoms with Crippen molar-refractivity contribution in [3.8, 4) is 0 Å². The number of carbonyl (C=O) groups excluding carboxylic acids is 1. The summed E-state index contributed by atoms with van der Waals surface area (Å²) in [6.07, 6.45) is -3.94. The Labute approximate surface area is 105 Å². The number of carbonyl (C=O) groups is 1.